The maximum atomic E-state index is 2.39. The van der Waals surface area contributed by atoms with Crippen LogP contribution in [0.25, 0.3) is 0 Å². The van der Waals surface area contributed by atoms with Crippen molar-refractivity contribution >= 4 is 0 Å². The van der Waals surface area contributed by atoms with E-state index in [-0.39, 0.29) is 0 Å². The van der Waals surface area contributed by atoms with Crippen LogP contribution in [0.1, 0.15) is 65.2 Å². The van der Waals surface area contributed by atoms with Gasteiger partial charge in [-0.3, -0.25) is 0 Å². The predicted molar refractivity (Wildman–Crippen MR) is 64.5 cm³/mol. The van der Waals surface area contributed by atoms with Crippen molar-refractivity contribution in [2.75, 3.05) is 0 Å². The van der Waals surface area contributed by atoms with Gasteiger partial charge in [0.05, 0.1) is 0 Å². The molecule has 14 heavy (non-hydrogen) atoms. The number of hydrogen-bond donors (Lipinski definition) is 0. The van der Waals surface area contributed by atoms with Crippen molar-refractivity contribution in [3.05, 3.63) is 23.3 Å². The van der Waals surface area contributed by atoms with Crippen LogP contribution < -0.4 is 0 Å². The van der Waals surface area contributed by atoms with E-state index in [1.165, 1.54) is 56.9 Å². The quantitative estimate of drug-likeness (QED) is 0.497. The van der Waals surface area contributed by atoms with Crippen LogP contribution in [-0.2, 0) is 0 Å². The summed E-state index contributed by atoms with van der Waals surface area (Å²) in [5.41, 5.74) is 3.14. The third kappa shape index (κ3) is 4.13. The molecule has 0 heterocycles. The molecule has 0 fully saturated rings. The van der Waals surface area contributed by atoms with E-state index >= 15 is 0 Å². The fourth-order valence-corrected chi connectivity index (χ4v) is 2.07. The van der Waals surface area contributed by atoms with Crippen LogP contribution in [0, 0.1) is 0 Å². The van der Waals surface area contributed by atoms with E-state index in [4.69, 9.17) is 0 Å². The molecule has 0 atom stereocenters. The topological polar surface area (TPSA) is 0 Å². The molecule has 0 aliphatic heterocycles. The molecule has 0 saturated heterocycles. The Balaban J connectivity index is 1.97. The molecule has 1 rings (SSSR count). The average molecular weight is 192 g/mol. The van der Waals surface area contributed by atoms with Crippen molar-refractivity contribution in [3.63, 3.8) is 0 Å². The Morgan fingerprint density at radius 2 is 1.71 bits per heavy atom. The molecule has 0 aromatic carbocycles. The van der Waals surface area contributed by atoms with E-state index in [2.05, 4.69) is 26.0 Å². The van der Waals surface area contributed by atoms with Gasteiger partial charge in [-0.1, -0.05) is 56.8 Å². The molecule has 0 N–H and O–H groups in total. The molecule has 0 unspecified atom stereocenters. The standard InChI is InChI=1S/C14H24/c1-3-4-5-6-7-8-11-14-12-9-10-13(14)2/h10,12H,3-9,11H2,1-2H3. The molecular formula is C14H24. The zero-order valence-electron chi connectivity index (χ0n) is 9.81. The number of hydrogen-bond acceptors (Lipinski definition) is 0. The van der Waals surface area contributed by atoms with Crippen LogP contribution in [0.5, 0.6) is 0 Å². The van der Waals surface area contributed by atoms with Gasteiger partial charge >= 0.3 is 0 Å². The van der Waals surface area contributed by atoms with Gasteiger partial charge in [-0.15, -0.1) is 0 Å². The first kappa shape index (κ1) is 11.6. The minimum absolute atomic E-state index is 1.18. The Bertz CT molecular complexity index is 208. The van der Waals surface area contributed by atoms with Crippen LogP contribution >= 0.6 is 0 Å². The highest BCUT2D eigenvalue weighted by Crippen LogP contribution is 2.23. The van der Waals surface area contributed by atoms with Crippen molar-refractivity contribution in [1.29, 1.82) is 0 Å². The second-order valence-electron chi connectivity index (χ2n) is 4.37. The minimum atomic E-state index is 1.18. The van der Waals surface area contributed by atoms with Gasteiger partial charge in [0.1, 0.15) is 0 Å². The van der Waals surface area contributed by atoms with Gasteiger partial charge in [0.25, 0.3) is 0 Å². The highest BCUT2D eigenvalue weighted by atomic mass is 14.1. The zero-order valence-corrected chi connectivity index (χ0v) is 9.81. The fraction of sp³-hybridized carbons (Fsp3) is 0.714. The molecule has 0 saturated carbocycles. The summed E-state index contributed by atoms with van der Waals surface area (Å²) in [7, 11) is 0. The third-order valence-corrected chi connectivity index (χ3v) is 3.09. The van der Waals surface area contributed by atoms with E-state index in [1.54, 1.807) is 5.57 Å². The van der Waals surface area contributed by atoms with Gasteiger partial charge in [-0.2, -0.15) is 0 Å². The summed E-state index contributed by atoms with van der Waals surface area (Å²) in [4.78, 5) is 0. The van der Waals surface area contributed by atoms with Crippen molar-refractivity contribution < 1.29 is 0 Å². The third-order valence-electron chi connectivity index (χ3n) is 3.09. The fourth-order valence-electron chi connectivity index (χ4n) is 2.07. The minimum Gasteiger partial charge on any atom is -0.0775 e. The zero-order chi connectivity index (χ0) is 10.2. The van der Waals surface area contributed by atoms with Gasteiger partial charge in [0.15, 0.2) is 0 Å². The first-order chi connectivity index (χ1) is 6.84. The van der Waals surface area contributed by atoms with Gasteiger partial charge < -0.3 is 0 Å². The highest BCUT2D eigenvalue weighted by Gasteiger charge is 2.03. The van der Waals surface area contributed by atoms with Crippen LogP contribution in [-0.4, -0.2) is 0 Å². The average Bonchev–Trinajstić information content (AvgIpc) is 2.58. The Morgan fingerprint density at radius 1 is 1.00 bits per heavy atom. The predicted octanol–water partition coefficient (Wildman–Crippen LogP) is 5.01. The van der Waals surface area contributed by atoms with Crippen LogP contribution in [0.15, 0.2) is 23.3 Å². The Labute approximate surface area is 89.1 Å². The number of unbranched alkanes of at least 4 members (excludes halogenated alkanes) is 5. The summed E-state index contributed by atoms with van der Waals surface area (Å²) in [5.74, 6) is 0. The maximum Gasteiger partial charge on any atom is -0.0157 e. The first-order valence-corrected chi connectivity index (χ1v) is 6.20. The van der Waals surface area contributed by atoms with E-state index in [1.807, 2.05) is 0 Å². The SMILES string of the molecule is CCCCCCCCC1=CCC=C1C. The molecule has 0 amide bonds. The van der Waals surface area contributed by atoms with Gasteiger partial charge in [0, 0.05) is 0 Å². The molecular weight excluding hydrogens is 168 g/mol. The summed E-state index contributed by atoms with van der Waals surface area (Å²) in [6, 6.07) is 0. The molecule has 0 radical (unpaired) electrons. The molecule has 0 aromatic rings. The lowest BCUT2D eigenvalue weighted by atomic mass is 10.0. The van der Waals surface area contributed by atoms with E-state index in [0.29, 0.717) is 0 Å². The second-order valence-corrected chi connectivity index (χ2v) is 4.37. The molecule has 1 aliphatic rings. The summed E-state index contributed by atoms with van der Waals surface area (Å²) >= 11 is 0. The smallest absolute Gasteiger partial charge is 0.0157 e. The molecule has 0 nitrogen and oxygen atoms in total. The first-order valence-electron chi connectivity index (χ1n) is 6.20. The molecule has 80 valence electrons. The van der Waals surface area contributed by atoms with Crippen molar-refractivity contribution in [2.24, 2.45) is 0 Å². The lowest BCUT2D eigenvalue weighted by Gasteiger charge is -2.04. The molecule has 0 heteroatoms. The summed E-state index contributed by atoms with van der Waals surface area (Å²) in [5, 5.41) is 0. The van der Waals surface area contributed by atoms with Gasteiger partial charge in [-0.25, -0.2) is 0 Å². The number of rotatable bonds is 7. The van der Waals surface area contributed by atoms with Gasteiger partial charge in [-0.05, 0) is 31.8 Å². The Hall–Kier alpha value is -0.520. The van der Waals surface area contributed by atoms with Crippen molar-refractivity contribution in [1.82, 2.24) is 0 Å². The largest absolute Gasteiger partial charge is 0.0775 e. The van der Waals surface area contributed by atoms with Gasteiger partial charge in [0.2, 0.25) is 0 Å². The summed E-state index contributed by atoms with van der Waals surface area (Å²) in [6.45, 7) is 4.52. The lowest BCUT2D eigenvalue weighted by Crippen LogP contribution is -1.84. The molecule has 0 spiro atoms. The summed E-state index contributed by atoms with van der Waals surface area (Å²) < 4.78 is 0. The monoisotopic (exact) mass is 192 g/mol. The Morgan fingerprint density at radius 3 is 2.36 bits per heavy atom. The van der Waals surface area contributed by atoms with E-state index in [9.17, 15) is 0 Å². The second kappa shape index (κ2) is 6.86. The maximum absolute atomic E-state index is 2.39. The summed E-state index contributed by atoms with van der Waals surface area (Å²) in [6.07, 6.45) is 15.7. The molecule has 0 bridgehead atoms. The Kier molecular flexibility index (Phi) is 5.66. The van der Waals surface area contributed by atoms with Crippen LogP contribution in [0.3, 0.4) is 0 Å². The van der Waals surface area contributed by atoms with Crippen molar-refractivity contribution in [2.45, 2.75) is 65.2 Å². The molecule has 1 aliphatic carbocycles. The van der Waals surface area contributed by atoms with E-state index in [0.717, 1.165) is 0 Å². The molecule has 0 aromatic heterocycles. The van der Waals surface area contributed by atoms with Crippen molar-refractivity contribution in [3.8, 4) is 0 Å². The van der Waals surface area contributed by atoms with Crippen LogP contribution in [0.4, 0.5) is 0 Å². The normalized spacial score (nSPS) is 15.6. The highest BCUT2D eigenvalue weighted by molar-refractivity contribution is 5.34. The van der Waals surface area contributed by atoms with Crippen LogP contribution in [0.2, 0.25) is 0 Å². The number of allylic oxidation sites excluding steroid dienone is 4. The van der Waals surface area contributed by atoms with E-state index < -0.39 is 0 Å². The lowest BCUT2D eigenvalue weighted by molar-refractivity contribution is 0.607.